The number of ether oxygens (including phenoxy) is 1. The Labute approximate surface area is 231 Å². The highest BCUT2D eigenvalue weighted by molar-refractivity contribution is 9.10. The van der Waals surface area contributed by atoms with E-state index in [-0.39, 0.29) is 18.1 Å². The van der Waals surface area contributed by atoms with Crippen LogP contribution in [-0.4, -0.2) is 28.4 Å². The monoisotopic (exact) mass is 586 g/mol. The Morgan fingerprint density at radius 2 is 1.74 bits per heavy atom. The van der Waals surface area contributed by atoms with E-state index in [1.165, 1.54) is 10.9 Å². The van der Waals surface area contributed by atoms with E-state index in [1.54, 1.807) is 60.7 Å². The van der Waals surface area contributed by atoms with Crippen molar-refractivity contribution in [1.29, 1.82) is 0 Å². The molecule has 1 heterocycles. The Bertz CT molecular complexity index is 1700. The molecule has 0 aliphatic heterocycles. The van der Waals surface area contributed by atoms with Crippen molar-refractivity contribution < 1.29 is 9.53 Å². The van der Waals surface area contributed by atoms with Gasteiger partial charge in [0.05, 0.1) is 17.1 Å². The standard InChI is InChI=1S/C29H20BrClN4O3/c30-21-10-15-26(38-18-27(36)33-23-13-11-22(31)12-14-23)20(16-21)17-32-35-28(19-6-2-1-3-7-19)34-25-9-5-4-8-24(25)29(35)37/h1-17H,18H2,(H,33,36). The van der Waals surface area contributed by atoms with Gasteiger partial charge in [-0.25, -0.2) is 4.98 Å². The summed E-state index contributed by atoms with van der Waals surface area (Å²) in [6.45, 7) is -0.224. The SMILES string of the molecule is O=C(COc1ccc(Br)cc1C=Nn1c(-c2ccccc2)nc2ccccc2c1=O)Nc1ccc(Cl)cc1. The van der Waals surface area contributed by atoms with Crippen molar-refractivity contribution in [3.05, 3.63) is 122 Å². The fourth-order valence-electron chi connectivity index (χ4n) is 3.75. The molecule has 7 nitrogen and oxygen atoms in total. The minimum atomic E-state index is -0.334. The van der Waals surface area contributed by atoms with Crippen molar-refractivity contribution in [2.75, 3.05) is 11.9 Å². The lowest BCUT2D eigenvalue weighted by atomic mass is 10.2. The van der Waals surface area contributed by atoms with Crippen molar-refractivity contribution in [2.45, 2.75) is 0 Å². The van der Waals surface area contributed by atoms with Gasteiger partial charge < -0.3 is 10.1 Å². The number of rotatable bonds is 7. The first-order chi connectivity index (χ1) is 18.5. The molecule has 0 spiro atoms. The Hall–Kier alpha value is -4.27. The molecule has 1 aromatic heterocycles. The molecular formula is C29H20BrClN4O3. The number of hydrogen-bond acceptors (Lipinski definition) is 5. The topological polar surface area (TPSA) is 85.6 Å². The average molecular weight is 588 g/mol. The summed E-state index contributed by atoms with van der Waals surface area (Å²) in [6, 6.07) is 28.6. The number of halogens is 2. The van der Waals surface area contributed by atoms with Crippen LogP contribution in [0.15, 0.2) is 111 Å². The maximum Gasteiger partial charge on any atom is 0.282 e. The second-order valence-corrected chi connectivity index (χ2v) is 9.56. The fourth-order valence-corrected chi connectivity index (χ4v) is 4.25. The van der Waals surface area contributed by atoms with Gasteiger partial charge in [-0.2, -0.15) is 9.78 Å². The molecule has 0 saturated carbocycles. The normalized spacial score (nSPS) is 11.1. The Balaban J connectivity index is 1.45. The summed E-state index contributed by atoms with van der Waals surface area (Å²) >= 11 is 9.36. The second-order valence-electron chi connectivity index (χ2n) is 8.21. The molecule has 0 aliphatic rings. The maximum atomic E-state index is 13.4. The smallest absolute Gasteiger partial charge is 0.282 e. The van der Waals surface area contributed by atoms with E-state index in [0.717, 1.165) is 10.0 Å². The van der Waals surface area contributed by atoms with Crippen LogP contribution < -0.4 is 15.6 Å². The second kappa shape index (κ2) is 11.4. The summed E-state index contributed by atoms with van der Waals surface area (Å²) < 4.78 is 7.86. The van der Waals surface area contributed by atoms with E-state index in [0.29, 0.717) is 38.8 Å². The Kier molecular flexibility index (Phi) is 7.62. The Morgan fingerprint density at radius 3 is 2.53 bits per heavy atom. The zero-order valence-corrected chi connectivity index (χ0v) is 22.2. The number of para-hydroxylation sites is 1. The molecule has 0 bridgehead atoms. The maximum absolute atomic E-state index is 13.4. The van der Waals surface area contributed by atoms with E-state index < -0.39 is 0 Å². The van der Waals surface area contributed by atoms with E-state index in [2.05, 4.69) is 26.3 Å². The van der Waals surface area contributed by atoms with E-state index in [4.69, 9.17) is 21.3 Å². The van der Waals surface area contributed by atoms with Crippen molar-refractivity contribution in [1.82, 2.24) is 9.66 Å². The van der Waals surface area contributed by atoms with Gasteiger partial charge >= 0.3 is 0 Å². The third-order valence-electron chi connectivity index (χ3n) is 5.56. The van der Waals surface area contributed by atoms with Crippen LogP contribution in [0.1, 0.15) is 5.56 Å². The molecule has 1 amide bonds. The highest BCUT2D eigenvalue weighted by atomic mass is 79.9. The minimum Gasteiger partial charge on any atom is -0.483 e. The largest absolute Gasteiger partial charge is 0.483 e. The average Bonchev–Trinajstić information content (AvgIpc) is 2.93. The van der Waals surface area contributed by atoms with E-state index in [1.807, 2.05) is 36.4 Å². The van der Waals surface area contributed by atoms with Gasteiger partial charge in [-0.05, 0) is 54.6 Å². The number of benzene rings is 4. The summed E-state index contributed by atoms with van der Waals surface area (Å²) in [6.07, 6.45) is 1.52. The zero-order chi connectivity index (χ0) is 26.5. The van der Waals surface area contributed by atoms with Gasteiger partial charge in [-0.15, -0.1) is 0 Å². The summed E-state index contributed by atoms with van der Waals surface area (Å²) in [5.41, 5.74) is 2.21. The molecule has 0 radical (unpaired) electrons. The number of amides is 1. The molecule has 4 aromatic carbocycles. The van der Waals surface area contributed by atoms with E-state index >= 15 is 0 Å². The molecular weight excluding hydrogens is 568 g/mol. The van der Waals surface area contributed by atoms with Gasteiger partial charge in [0.2, 0.25) is 0 Å². The van der Waals surface area contributed by atoms with Crippen LogP contribution >= 0.6 is 27.5 Å². The highest BCUT2D eigenvalue weighted by Gasteiger charge is 2.13. The minimum absolute atomic E-state index is 0.224. The quantitative estimate of drug-likeness (QED) is 0.224. The van der Waals surface area contributed by atoms with Crippen LogP contribution in [0.25, 0.3) is 22.3 Å². The molecule has 5 rings (SSSR count). The third-order valence-corrected chi connectivity index (χ3v) is 6.30. The molecule has 9 heteroatoms. The molecule has 0 saturated heterocycles. The number of carbonyl (C=O) groups is 1. The summed E-state index contributed by atoms with van der Waals surface area (Å²) in [7, 11) is 0. The van der Waals surface area contributed by atoms with Crippen molar-refractivity contribution in [3.63, 3.8) is 0 Å². The zero-order valence-electron chi connectivity index (χ0n) is 19.8. The molecule has 0 atom stereocenters. The first kappa shape index (κ1) is 25.4. The van der Waals surface area contributed by atoms with Gasteiger partial charge in [0.15, 0.2) is 12.4 Å². The molecule has 0 unspecified atom stereocenters. The first-order valence-corrected chi connectivity index (χ1v) is 12.7. The number of hydrogen-bond donors (Lipinski definition) is 1. The number of carbonyl (C=O) groups excluding carboxylic acids is 1. The van der Waals surface area contributed by atoms with E-state index in [9.17, 15) is 9.59 Å². The van der Waals surface area contributed by atoms with Gasteiger partial charge in [-0.3, -0.25) is 9.59 Å². The van der Waals surface area contributed by atoms with Gasteiger partial charge in [0, 0.05) is 26.3 Å². The first-order valence-electron chi connectivity index (χ1n) is 11.6. The molecule has 0 aliphatic carbocycles. The number of anilines is 1. The van der Waals surface area contributed by atoms with Crippen molar-refractivity contribution >= 4 is 56.2 Å². The lowest BCUT2D eigenvalue weighted by molar-refractivity contribution is -0.118. The third kappa shape index (κ3) is 5.82. The van der Waals surface area contributed by atoms with Crippen molar-refractivity contribution in [3.8, 4) is 17.1 Å². The number of aromatic nitrogens is 2. The van der Waals surface area contributed by atoms with Crippen LogP contribution in [0.5, 0.6) is 5.75 Å². The lowest BCUT2D eigenvalue weighted by Gasteiger charge is -2.11. The van der Waals surface area contributed by atoms with Crippen LogP contribution in [0.2, 0.25) is 5.02 Å². The van der Waals surface area contributed by atoms with Crippen LogP contribution in [0, 0.1) is 0 Å². The van der Waals surface area contributed by atoms with Gasteiger partial charge in [-0.1, -0.05) is 70.0 Å². The summed E-state index contributed by atoms with van der Waals surface area (Å²) in [4.78, 5) is 30.6. The molecule has 188 valence electrons. The molecule has 1 N–H and O–H groups in total. The fraction of sp³-hybridized carbons (Fsp3) is 0.0345. The summed E-state index contributed by atoms with van der Waals surface area (Å²) in [5, 5.41) is 8.30. The number of fused-ring (bicyclic) bond motifs is 1. The van der Waals surface area contributed by atoms with Gasteiger partial charge in [0.1, 0.15) is 5.75 Å². The van der Waals surface area contributed by atoms with Crippen LogP contribution in [0.4, 0.5) is 5.69 Å². The predicted octanol–water partition coefficient (Wildman–Crippen LogP) is 6.38. The number of nitrogens with one attached hydrogen (secondary N) is 1. The molecule has 0 fully saturated rings. The van der Waals surface area contributed by atoms with Crippen LogP contribution in [-0.2, 0) is 4.79 Å². The number of nitrogens with zero attached hydrogens (tertiary/aromatic N) is 3. The van der Waals surface area contributed by atoms with Crippen LogP contribution in [0.3, 0.4) is 0 Å². The molecule has 5 aromatic rings. The van der Waals surface area contributed by atoms with Gasteiger partial charge in [0.25, 0.3) is 11.5 Å². The van der Waals surface area contributed by atoms with Crippen molar-refractivity contribution in [2.24, 2.45) is 5.10 Å². The molecule has 38 heavy (non-hydrogen) atoms. The Morgan fingerprint density at radius 1 is 1.00 bits per heavy atom. The lowest BCUT2D eigenvalue weighted by Crippen LogP contribution is -2.21. The summed E-state index contributed by atoms with van der Waals surface area (Å²) in [5.74, 6) is 0.496. The predicted molar refractivity (Wildman–Crippen MR) is 154 cm³/mol. The highest BCUT2D eigenvalue weighted by Crippen LogP contribution is 2.23.